The maximum absolute atomic E-state index is 11.4. The molecule has 42 heavy (non-hydrogen) atoms. The van der Waals surface area contributed by atoms with E-state index in [1.165, 1.54) is 11.6 Å². The number of amides is 1. The smallest absolute Gasteiger partial charge is 0.217 e. The third kappa shape index (κ3) is 6.91. The third-order valence-corrected chi connectivity index (χ3v) is 9.55. The lowest BCUT2D eigenvalue weighted by atomic mass is 9.99. The summed E-state index contributed by atoms with van der Waals surface area (Å²) in [7, 11) is 0. The number of ether oxygens (including phenoxy) is 2. The van der Waals surface area contributed by atoms with E-state index in [1.54, 1.807) is 23.1 Å². The summed E-state index contributed by atoms with van der Waals surface area (Å²) in [6, 6.07) is 32.6. The van der Waals surface area contributed by atoms with Crippen LogP contribution in [0.1, 0.15) is 48.0 Å². The maximum Gasteiger partial charge on any atom is 0.217 e. The molecule has 1 saturated heterocycles. The van der Waals surface area contributed by atoms with E-state index in [9.17, 15) is 9.90 Å². The van der Waals surface area contributed by atoms with Crippen molar-refractivity contribution in [3.05, 3.63) is 119 Å². The molecule has 1 aliphatic rings. The molecule has 2 heterocycles. The lowest BCUT2D eigenvalue weighted by molar-refractivity contribution is -0.245. The number of fused-ring (bicyclic) bond motifs is 1. The van der Waals surface area contributed by atoms with Gasteiger partial charge in [0.25, 0.3) is 0 Å². The van der Waals surface area contributed by atoms with E-state index in [0.29, 0.717) is 6.54 Å². The number of carbonyl (C=O) groups excluding carboxylic acids is 1. The Kier molecular flexibility index (Phi) is 8.98. The normalized spacial score (nSPS) is 18.7. The number of aromatic nitrogens is 1. The van der Waals surface area contributed by atoms with Crippen molar-refractivity contribution in [1.82, 2.24) is 10.3 Å². The van der Waals surface area contributed by atoms with Crippen LogP contribution in [0.5, 0.6) is 0 Å². The van der Waals surface area contributed by atoms with Crippen molar-refractivity contribution in [2.24, 2.45) is 0 Å². The summed E-state index contributed by atoms with van der Waals surface area (Å²) in [6.45, 7) is 2.02. The van der Waals surface area contributed by atoms with Gasteiger partial charge in [-0.1, -0.05) is 84.6 Å². The first-order valence-electron chi connectivity index (χ1n) is 14.0. The Morgan fingerprint density at radius 3 is 2.50 bits per heavy atom. The summed E-state index contributed by atoms with van der Waals surface area (Å²) in [5.41, 5.74) is 7.07. The minimum absolute atomic E-state index is 0.0117. The molecular weight excluding hydrogens is 565 g/mol. The number of nitrogens with one attached hydrogen (secondary N) is 1. The second-order valence-electron chi connectivity index (χ2n) is 10.3. The molecular formula is C34H32N2O4S2. The molecule has 1 aliphatic heterocycles. The van der Waals surface area contributed by atoms with Crippen LogP contribution in [0.25, 0.3) is 21.3 Å². The van der Waals surface area contributed by atoms with Gasteiger partial charge < -0.3 is 19.9 Å². The number of thiazole rings is 1. The molecule has 1 amide bonds. The number of hydrogen-bond donors (Lipinski definition) is 2. The number of para-hydroxylation sites is 1. The second-order valence-corrected chi connectivity index (χ2v) is 12.6. The van der Waals surface area contributed by atoms with Crippen molar-refractivity contribution in [2.75, 3.05) is 5.75 Å². The van der Waals surface area contributed by atoms with Crippen molar-refractivity contribution in [1.29, 1.82) is 0 Å². The van der Waals surface area contributed by atoms with Gasteiger partial charge >= 0.3 is 0 Å². The molecule has 0 aliphatic carbocycles. The van der Waals surface area contributed by atoms with Crippen molar-refractivity contribution >= 4 is 39.2 Å². The standard InChI is InChI=1S/C34H32N2O4S2/c1-22(38)35-19-24-6-4-7-26(16-24)27-8-5-9-28(17-27)33-39-29(18-31(40-33)25-14-12-23(20-37)13-15-25)21-41-34-36-30-10-2-3-11-32(30)42-34/h2-17,29,31,33,37H,18-21H2,1H3,(H,35,38)/t29-,31+,33+/m1/s1. The van der Waals surface area contributed by atoms with Gasteiger partial charge in [-0.25, -0.2) is 4.98 Å². The fourth-order valence-electron chi connectivity index (χ4n) is 5.05. The van der Waals surface area contributed by atoms with Crippen molar-refractivity contribution in [3.8, 4) is 11.1 Å². The van der Waals surface area contributed by atoms with Gasteiger partial charge in [0.05, 0.1) is 29.0 Å². The van der Waals surface area contributed by atoms with Crippen LogP contribution in [0.15, 0.2) is 101 Å². The Morgan fingerprint density at radius 1 is 0.929 bits per heavy atom. The summed E-state index contributed by atoms with van der Waals surface area (Å²) < 4.78 is 15.4. The fraction of sp³-hybridized carbons (Fsp3) is 0.235. The molecule has 1 aromatic heterocycles. The van der Waals surface area contributed by atoms with Gasteiger partial charge in [-0.05, 0) is 52.1 Å². The summed E-state index contributed by atoms with van der Waals surface area (Å²) in [5.74, 6) is 0.709. The molecule has 0 radical (unpaired) electrons. The second kappa shape index (κ2) is 13.2. The minimum atomic E-state index is -0.537. The van der Waals surface area contributed by atoms with Gasteiger partial charge in [-0.2, -0.15) is 0 Å². The van der Waals surface area contributed by atoms with Crippen LogP contribution in [-0.2, 0) is 27.4 Å². The number of thioether (sulfide) groups is 1. The van der Waals surface area contributed by atoms with Crippen LogP contribution in [-0.4, -0.2) is 27.9 Å². The zero-order valence-corrected chi connectivity index (χ0v) is 24.9. The van der Waals surface area contributed by atoms with Crippen molar-refractivity contribution in [2.45, 2.75) is 49.3 Å². The van der Waals surface area contributed by atoms with Crippen LogP contribution in [0, 0.1) is 0 Å². The monoisotopic (exact) mass is 596 g/mol. The van der Waals surface area contributed by atoms with E-state index < -0.39 is 6.29 Å². The first-order chi connectivity index (χ1) is 20.5. The molecule has 6 nitrogen and oxygen atoms in total. The molecule has 1 fully saturated rings. The van der Waals surface area contributed by atoms with Crippen molar-refractivity contribution in [3.63, 3.8) is 0 Å². The highest BCUT2D eigenvalue weighted by Gasteiger charge is 2.32. The predicted octanol–water partition coefficient (Wildman–Crippen LogP) is 7.43. The summed E-state index contributed by atoms with van der Waals surface area (Å²) in [5, 5.41) is 12.4. The summed E-state index contributed by atoms with van der Waals surface area (Å²) >= 11 is 3.43. The summed E-state index contributed by atoms with van der Waals surface area (Å²) in [6.07, 6.45) is -0.0163. The van der Waals surface area contributed by atoms with E-state index >= 15 is 0 Å². The number of aliphatic hydroxyl groups is 1. The third-order valence-electron chi connectivity index (χ3n) is 7.24. The molecule has 6 rings (SSSR count). The lowest BCUT2D eigenvalue weighted by Gasteiger charge is -2.36. The Labute approximate surface area is 253 Å². The largest absolute Gasteiger partial charge is 0.392 e. The van der Waals surface area contributed by atoms with E-state index in [4.69, 9.17) is 14.5 Å². The first kappa shape index (κ1) is 28.6. The molecule has 2 N–H and O–H groups in total. The van der Waals surface area contributed by atoms with Crippen LogP contribution in [0.2, 0.25) is 0 Å². The van der Waals surface area contributed by atoms with Gasteiger partial charge in [0.2, 0.25) is 5.91 Å². The van der Waals surface area contributed by atoms with E-state index in [-0.39, 0.29) is 24.7 Å². The molecule has 0 unspecified atom stereocenters. The van der Waals surface area contributed by atoms with Crippen LogP contribution in [0.3, 0.4) is 0 Å². The first-order valence-corrected chi connectivity index (χ1v) is 15.8. The number of nitrogens with zero attached hydrogens (tertiary/aromatic N) is 1. The quantitative estimate of drug-likeness (QED) is 0.172. The summed E-state index contributed by atoms with van der Waals surface area (Å²) in [4.78, 5) is 16.2. The molecule has 0 spiro atoms. The molecule has 5 aromatic rings. The van der Waals surface area contributed by atoms with Crippen LogP contribution in [0.4, 0.5) is 0 Å². The van der Waals surface area contributed by atoms with Gasteiger partial charge in [0.15, 0.2) is 10.6 Å². The van der Waals surface area contributed by atoms with Crippen LogP contribution < -0.4 is 5.32 Å². The average Bonchev–Trinajstić information content (AvgIpc) is 3.46. The zero-order valence-electron chi connectivity index (χ0n) is 23.2. The highest BCUT2D eigenvalue weighted by atomic mass is 32.2. The predicted molar refractivity (Wildman–Crippen MR) is 168 cm³/mol. The number of aliphatic hydroxyl groups excluding tert-OH is 1. The maximum atomic E-state index is 11.4. The molecule has 0 bridgehead atoms. The average molecular weight is 597 g/mol. The Hall–Kier alpha value is -3.53. The minimum Gasteiger partial charge on any atom is -0.392 e. The number of benzene rings is 4. The number of rotatable bonds is 9. The lowest BCUT2D eigenvalue weighted by Crippen LogP contribution is -2.31. The van der Waals surface area contributed by atoms with Gasteiger partial charge in [-0.15, -0.1) is 11.3 Å². The van der Waals surface area contributed by atoms with Gasteiger partial charge in [0, 0.05) is 31.2 Å². The van der Waals surface area contributed by atoms with Crippen LogP contribution >= 0.6 is 23.1 Å². The Morgan fingerprint density at radius 2 is 1.71 bits per heavy atom. The van der Waals surface area contributed by atoms with E-state index in [0.717, 1.165) is 55.4 Å². The molecule has 4 aromatic carbocycles. The number of hydrogen-bond acceptors (Lipinski definition) is 7. The van der Waals surface area contributed by atoms with E-state index in [1.807, 2.05) is 66.7 Å². The number of carbonyl (C=O) groups is 1. The zero-order chi connectivity index (χ0) is 28.9. The SMILES string of the molecule is CC(=O)NCc1cccc(-c2cccc([C@H]3O[C@@H](CSc4nc5ccccc5s4)C[C@@H](c4ccc(CO)cc4)O3)c2)c1. The van der Waals surface area contributed by atoms with Crippen molar-refractivity contribution < 1.29 is 19.4 Å². The molecule has 3 atom stereocenters. The van der Waals surface area contributed by atoms with E-state index in [2.05, 4.69) is 35.6 Å². The van der Waals surface area contributed by atoms with Gasteiger partial charge in [0.1, 0.15) is 0 Å². The fourth-order valence-corrected chi connectivity index (χ4v) is 7.16. The molecule has 8 heteroatoms. The topological polar surface area (TPSA) is 80.7 Å². The molecule has 214 valence electrons. The highest BCUT2D eigenvalue weighted by Crippen LogP contribution is 2.41. The highest BCUT2D eigenvalue weighted by molar-refractivity contribution is 8.01. The molecule has 0 saturated carbocycles. The Balaban J connectivity index is 1.24. The van der Waals surface area contributed by atoms with Gasteiger partial charge in [-0.3, -0.25) is 4.79 Å². The Bertz CT molecular complexity index is 1640.